The fourth-order valence-electron chi connectivity index (χ4n) is 3.17. The van der Waals surface area contributed by atoms with E-state index in [2.05, 4.69) is 30.4 Å². The highest BCUT2D eigenvalue weighted by Crippen LogP contribution is 2.37. The number of hydrogen-bond acceptors (Lipinski definition) is 3. The summed E-state index contributed by atoms with van der Waals surface area (Å²) in [6.07, 6.45) is 1.55. The van der Waals surface area contributed by atoms with Gasteiger partial charge in [-0.15, -0.1) is 0 Å². The molecule has 0 aliphatic carbocycles. The zero-order valence-corrected chi connectivity index (χ0v) is 17.0. The summed E-state index contributed by atoms with van der Waals surface area (Å²) >= 11 is 1.60. The van der Waals surface area contributed by atoms with E-state index in [1.807, 2.05) is 61.5 Å². The van der Waals surface area contributed by atoms with E-state index in [0.29, 0.717) is 6.42 Å². The molecule has 0 saturated heterocycles. The number of hydrogen-bond donors (Lipinski definition) is 2. The molecular formula is C24H25NO2S. The van der Waals surface area contributed by atoms with Gasteiger partial charge in [0.1, 0.15) is 0 Å². The van der Waals surface area contributed by atoms with Gasteiger partial charge in [0.05, 0.1) is 5.92 Å². The minimum Gasteiger partial charge on any atom is -0.481 e. The summed E-state index contributed by atoms with van der Waals surface area (Å²) in [7, 11) is 0. The standard InChI is InChI=1S/C24H25NO2S/c1-3-17-9-8-10-18(15-17)25-19-13-14-22(21(4-2)24(26)27)23(16-19)28-20-11-6-5-7-12-20/h5-16,21,25H,3-4H2,1-2H3,(H,26,27). The number of aryl methyl sites for hydroxylation is 1. The molecule has 0 aliphatic rings. The average molecular weight is 392 g/mol. The van der Waals surface area contributed by atoms with Crippen LogP contribution in [-0.2, 0) is 11.2 Å². The van der Waals surface area contributed by atoms with Crippen LogP contribution in [-0.4, -0.2) is 11.1 Å². The predicted molar refractivity (Wildman–Crippen MR) is 117 cm³/mol. The number of carboxylic acids is 1. The summed E-state index contributed by atoms with van der Waals surface area (Å²) in [5, 5.41) is 13.1. The van der Waals surface area contributed by atoms with Crippen LogP contribution in [0.25, 0.3) is 0 Å². The molecule has 0 heterocycles. The van der Waals surface area contributed by atoms with Crippen molar-refractivity contribution in [2.75, 3.05) is 5.32 Å². The molecule has 3 aromatic carbocycles. The van der Waals surface area contributed by atoms with Crippen LogP contribution in [0.2, 0.25) is 0 Å². The Labute approximate surface area is 170 Å². The average Bonchev–Trinajstić information content (AvgIpc) is 2.71. The Balaban J connectivity index is 1.96. The van der Waals surface area contributed by atoms with E-state index in [1.54, 1.807) is 11.8 Å². The van der Waals surface area contributed by atoms with Gasteiger partial charge in [-0.1, -0.05) is 62.0 Å². The number of carbonyl (C=O) groups is 1. The molecule has 0 saturated carbocycles. The van der Waals surface area contributed by atoms with E-state index in [4.69, 9.17) is 0 Å². The smallest absolute Gasteiger partial charge is 0.311 e. The Morgan fingerprint density at radius 2 is 1.71 bits per heavy atom. The maximum atomic E-state index is 11.8. The Morgan fingerprint density at radius 1 is 0.964 bits per heavy atom. The molecule has 0 fully saturated rings. The maximum Gasteiger partial charge on any atom is 0.311 e. The van der Waals surface area contributed by atoms with Crippen molar-refractivity contribution in [2.24, 2.45) is 0 Å². The monoisotopic (exact) mass is 391 g/mol. The first-order chi connectivity index (χ1) is 13.6. The molecule has 144 valence electrons. The second kappa shape index (κ2) is 9.47. The molecule has 3 nitrogen and oxygen atoms in total. The van der Waals surface area contributed by atoms with E-state index in [9.17, 15) is 9.90 Å². The van der Waals surface area contributed by atoms with Crippen molar-refractivity contribution in [2.45, 2.75) is 42.4 Å². The van der Waals surface area contributed by atoms with Gasteiger partial charge in [0, 0.05) is 21.2 Å². The number of nitrogens with one attached hydrogen (secondary N) is 1. The van der Waals surface area contributed by atoms with Crippen LogP contribution in [0, 0.1) is 0 Å². The van der Waals surface area contributed by atoms with Gasteiger partial charge in [0.25, 0.3) is 0 Å². The normalized spacial score (nSPS) is 11.8. The number of aliphatic carboxylic acids is 1. The minimum atomic E-state index is -0.784. The molecule has 3 rings (SSSR count). The van der Waals surface area contributed by atoms with E-state index in [1.165, 1.54) is 5.56 Å². The predicted octanol–water partition coefficient (Wildman–Crippen LogP) is 6.72. The van der Waals surface area contributed by atoms with Crippen LogP contribution in [0.4, 0.5) is 11.4 Å². The number of rotatable bonds is 8. The summed E-state index contributed by atoms with van der Waals surface area (Å²) in [5.74, 6) is -1.29. The molecule has 2 N–H and O–H groups in total. The van der Waals surface area contributed by atoms with Crippen molar-refractivity contribution in [3.05, 3.63) is 83.9 Å². The summed E-state index contributed by atoms with van der Waals surface area (Å²) in [6, 6.07) is 24.4. The highest BCUT2D eigenvalue weighted by Gasteiger charge is 2.21. The van der Waals surface area contributed by atoms with Crippen LogP contribution in [0.5, 0.6) is 0 Å². The largest absolute Gasteiger partial charge is 0.481 e. The molecule has 0 amide bonds. The van der Waals surface area contributed by atoms with Gasteiger partial charge in [-0.3, -0.25) is 4.79 Å². The molecule has 1 atom stereocenters. The van der Waals surface area contributed by atoms with Crippen LogP contribution < -0.4 is 5.32 Å². The fraction of sp³-hybridized carbons (Fsp3) is 0.208. The van der Waals surface area contributed by atoms with Crippen molar-refractivity contribution in [3.8, 4) is 0 Å². The summed E-state index contributed by atoms with van der Waals surface area (Å²) in [4.78, 5) is 13.8. The van der Waals surface area contributed by atoms with Crippen LogP contribution >= 0.6 is 11.8 Å². The highest BCUT2D eigenvalue weighted by atomic mass is 32.2. The SMILES string of the molecule is CCc1cccc(Nc2ccc(C(CC)C(=O)O)c(Sc3ccccc3)c2)c1. The highest BCUT2D eigenvalue weighted by molar-refractivity contribution is 7.99. The van der Waals surface area contributed by atoms with Gasteiger partial charge in [0.15, 0.2) is 0 Å². The molecule has 0 spiro atoms. The zero-order valence-electron chi connectivity index (χ0n) is 16.2. The molecular weight excluding hydrogens is 366 g/mol. The number of carboxylic acid groups (broad SMARTS) is 1. The van der Waals surface area contributed by atoms with Gasteiger partial charge in [0.2, 0.25) is 0 Å². The van der Waals surface area contributed by atoms with Gasteiger partial charge in [-0.2, -0.15) is 0 Å². The third kappa shape index (κ3) is 4.96. The third-order valence-corrected chi connectivity index (χ3v) is 5.77. The van der Waals surface area contributed by atoms with E-state index < -0.39 is 11.9 Å². The van der Waals surface area contributed by atoms with Crippen molar-refractivity contribution >= 4 is 29.1 Å². The van der Waals surface area contributed by atoms with Crippen LogP contribution in [0.15, 0.2) is 82.6 Å². The number of anilines is 2. The lowest BCUT2D eigenvalue weighted by Gasteiger charge is -2.17. The summed E-state index contributed by atoms with van der Waals surface area (Å²) in [5.41, 5.74) is 4.12. The lowest BCUT2D eigenvalue weighted by Crippen LogP contribution is -2.11. The third-order valence-electron chi connectivity index (χ3n) is 4.69. The van der Waals surface area contributed by atoms with Crippen molar-refractivity contribution in [1.82, 2.24) is 0 Å². The number of benzene rings is 3. The molecule has 1 unspecified atom stereocenters. The molecule has 3 aromatic rings. The maximum absolute atomic E-state index is 11.8. The van der Waals surface area contributed by atoms with Crippen molar-refractivity contribution in [1.29, 1.82) is 0 Å². The van der Waals surface area contributed by atoms with Gasteiger partial charge < -0.3 is 10.4 Å². The molecule has 0 aromatic heterocycles. The Morgan fingerprint density at radius 3 is 2.39 bits per heavy atom. The van der Waals surface area contributed by atoms with Crippen LogP contribution in [0.1, 0.15) is 37.3 Å². The first kappa shape index (κ1) is 20.0. The summed E-state index contributed by atoms with van der Waals surface area (Å²) < 4.78 is 0. The van der Waals surface area contributed by atoms with Gasteiger partial charge in [-0.05, 0) is 60.4 Å². The molecule has 4 heteroatoms. The van der Waals surface area contributed by atoms with Gasteiger partial charge in [-0.25, -0.2) is 0 Å². The summed E-state index contributed by atoms with van der Waals surface area (Å²) in [6.45, 7) is 4.05. The van der Waals surface area contributed by atoms with Crippen molar-refractivity contribution < 1.29 is 9.90 Å². The lowest BCUT2D eigenvalue weighted by molar-refractivity contribution is -0.138. The van der Waals surface area contributed by atoms with E-state index in [0.717, 1.165) is 33.2 Å². The zero-order chi connectivity index (χ0) is 19.9. The van der Waals surface area contributed by atoms with Gasteiger partial charge >= 0.3 is 5.97 Å². The van der Waals surface area contributed by atoms with E-state index >= 15 is 0 Å². The first-order valence-corrected chi connectivity index (χ1v) is 10.4. The minimum absolute atomic E-state index is 0.510. The Hall–Kier alpha value is -2.72. The molecule has 28 heavy (non-hydrogen) atoms. The van der Waals surface area contributed by atoms with Crippen molar-refractivity contribution in [3.63, 3.8) is 0 Å². The first-order valence-electron chi connectivity index (χ1n) is 9.56. The van der Waals surface area contributed by atoms with E-state index in [-0.39, 0.29) is 0 Å². The van der Waals surface area contributed by atoms with Crippen LogP contribution in [0.3, 0.4) is 0 Å². The quantitative estimate of drug-likeness (QED) is 0.447. The second-order valence-corrected chi connectivity index (χ2v) is 7.76. The lowest BCUT2D eigenvalue weighted by atomic mass is 9.96. The Kier molecular flexibility index (Phi) is 6.77. The molecule has 0 radical (unpaired) electrons. The second-order valence-electron chi connectivity index (χ2n) is 6.65. The molecule has 0 aliphatic heterocycles. The molecule has 0 bridgehead atoms. The topological polar surface area (TPSA) is 49.3 Å². The fourth-order valence-corrected chi connectivity index (χ4v) is 4.23. The Bertz CT molecular complexity index is 940.